The lowest BCUT2D eigenvalue weighted by atomic mass is 10.2. The standard InChI is InChI=1S/C16H11BrClN3O2/c17-12-5-1-4-11(7-12)16(22)19-9-14-20-15(21-23-14)10-3-2-6-13(18)8-10/h1-8H,9H2,(H,19,22). The van der Waals surface area contributed by atoms with Crippen LogP contribution < -0.4 is 5.32 Å². The summed E-state index contributed by atoms with van der Waals surface area (Å²) in [7, 11) is 0. The van der Waals surface area contributed by atoms with E-state index in [0.29, 0.717) is 22.3 Å². The predicted octanol–water partition coefficient (Wildman–Crippen LogP) is 4.08. The molecule has 0 radical (unpaired) electrons. The fourth-order valence-corrected chi connectivity index (χ4v) is 2.55. The van der Waals surface area contributed by atoms with Crippen molar-refractivity contribution in [3.8, 4) is 11.4 Å². The Morgan fingerprint density at radius 2 is 2.04 bits per heavy atom. The molecule has 0 fully saturated rings. The van der Waals surface area contributed by atoms with Gasteiger partial charge in [-0.2, -0.15) is 4.98 Å². The maximum Gasteiger partial charge on any atom is 0.251 e. The van der Waals surface area contributed by atoms with Gasteiger partial charge in [-0.1, -0.05) is 50.9 Å². The molecule has 1 N–H and O–H groups in total. The van der Waals surface area contributed by atoms with Crippen molar-refractivity contribution in [3.63, 3.8) is 0 Å². The van der Waals surface area contributed by atoms with E-state index in [1.165, 1.54) is 0 Å². The topological polar surface area (TPSA) is 68.0 Å². The summed E-state index contributed by atoms with van der Waals surface area (Å²) in [5, 5.41) is 7.22. The highest BCUT2D eigenvalue weighted by molar-refractivity contribution is 9.10. The zero-order valence-corrected chi connectivity index (χ0v) is 14.1. The molecule has 1 amide bonds. The molecule has 0 aliphatic heterocycles. The van der Waals surface area contributed by atoms with Gasteiger partial charge in [-0.3, -0.25) is 4.79 Å². The molecule has 1 aromatic heterocycles. The van der Waals surface area contributed by atoms with Crippen LogP contribution >= 0.6 is 27.5 Å². The van der Waals surface area contributed by atoms with Gasteiger partial charge in [0.1, 0.15) is 0 Å². The summed E-state index contributed by atoms with van der Waals surface area (Å²) in [5.74, 6) is 0.538. The van der Waals surface area contributed by atoms with E-state index < -0.39 is 0 Å². The molecule has 3 aromatic rings. The maximum absolute atomic E-state index is 12.1. The van der Waals surface area contributed by atoms with E-state index in [1.807, 2.05) is 18.2 Å². The van der Waals surface area contributed by atoms with Crippen LogP contribution in [-0.4, -0.2) is 16.0 Å². The summed E-state index contributed by atoms with van der Waals surface area (Å²) in [6, 6.07) is 14.3. The van der Waals surface area contributed by atoms with Crippen LogP contribution in [-0.2, 0) is 6.54 Å². The van der Waals surface area contributed by atoms with E-state index in [-0.39, 0.29) is 12.5 Å². The van der Waals surface area contributed by atoms with Crippen LogP contribution in [0.3, 0.4) is 0 Å². The molecule has 3 rings (SSSR count). The number of hydrogen-bond acceptors (Lipinski definition) is 4. The molecule has 0 aliphatic carbocycles. The van der Waals surface area contributed by atoms with Crippen LogP contribution in [0.4, 0.5) is 0 Å². The van der Waals surface area contributed by atoms with Gasteiger partial charge in [0.15, 0.2) is 0 Å². The monoisotopic (exact) mass is 391 g/mol. The van der Waals surface area contributed by atoms with E-state index in [0.717, 1.165) is 10.0 Å². The zero-order valence-electron chi connectivity index (χ0n) is 11.8. The van der Waals surface area contributed by atoms with Crippen LogP contribution in [0.15, 0.2) is 57.5 Å². The minimum Gasteiger partial charge on any atom is -0.343 e. The molecule has 0 saturated carbocycles. The van der Waals surface area contributed by atoms with Gasteiger partial charge in [0.25, 0.3) is 5.91 Å². The lowest BCUT2D eigenvalue weighted by Crippen LogP contribution is -2.22. The summed E-state index contributed by atoms with van der Waals surface area (Å²) in [6.07, 6.45) is 0. The van der Waals surface area contributed by atoms with Crippen molar-refractivity contribution < 1.29 is 9.32 Å². The van der Waals surface area contributed by atoms with Crippen molar-refractivity contribution in [2.45, 2.75) is 6.54 Å². The molecule has 0 unspecified atom stereocenters. The molecule has 0 spiro atoms. The summed E-state index contributed by atoms with van der Waals surface area (Å²) >= 11 is 9.27. The summed E-state index contributed by atoms with van der Waals surface area (Å²) < 4.78 is 5.98. The number of benzene rings is 2. The number of halogens is 2. The highest BCUT2D eigenvalue weighted by atomic mass is 79.9. The van der Waals surface area contributed by atoms with Gasteiger partial charge in [0.2, 0.25) is 11.7 Å². The van der Waals surface area contributed by atoms with Crippen LogP contribution in [0.2, 0.25) is 5.02 Å². The number of nitrogens with zero attached hydrogens (tertiary/aromatic N) is 2. The van der Waals surface area contributed by atoms with Crippen LogP contribution in [0, 0.1) is 0 Å². The zero-order chi connectivity index (χ0) is 16.2. The van der Waals surface area contributed by atoms with E-state index in [9.17, 15) is 4.79 Å². The molecule has 23 heavy (non-hydrogen) atoms. The molecular weight excluding hydrogens is 382 g/mol. The first-order valence-electron chi connectivity index (χ1n) is 6.74. The van der Waals surface area contributed by atoms with Crippen LogP contribution in [0.5, 0.6) is 0 Å². The first kappa shape index (κ1) is 15.7. The SMILES string of the molecule is O=C(NCc1nc(-c2cccc(Cl)c2)no1)c1cccc(Br)c1. The van der Waals surface area contributed by atoms with Crippen molar-refractivity contribution >= 4 is 33.4 Å². The van der Waals surface area contributed by atoms with Gasteiger partial charge in [-0.15, -0.1) is 0 Å². The number of nitrogens with one attached hydrogen (secondary N) is 1. The largest absolute Gasteiger partial charge is 0.343 e. The molecule has 5 nitrogen and oxygen atoms in total. The van der Waals surface area contributed by atoms with Crippen molar-refractivity contribution in [2.75, 3.05) is 0 Å². The Morgan fingerprint density at radius 3 is 2.83 bits per heavy atom. The quantitative estimate of drug-likeness (QED) is 0.726. The Balaban J connectivity index is 1.67. The first-order valence-corrected chi connectivity index (χ1v) is 7.91. The van der Waals surface area contributed by atoms with E-state index in [2.05, 4.69) is 31.4 Å². The predicted molar refractivity (Wildman–Crippen MR) is 90.1 cm³/mol. The molecule has 0 saturated heterocycles. The second-order valence-corrected chi connectivity index (χ2v) is 6.07. The molecule has 0 atom stereocenters. The average Bonchev–Trinajstić information content (AvgIpc) is 3.01. The Morgan fingerprint density at radius 1 is 1.22 bits per heavy atom. The molecule has 0 aliphatic rings. The minimum absolute atomic E-state index is 0.152. The number of rotatable bonds is 4. The number of carbonyl (C=O) groups excluding carboxylic acids is 1. The van der Waals surface area contributed by atoms with E-state index >= 15 is 0 Å². The minimum atomic E-state index is -0.214. The maximum atomic E-state index is 12.1. The third-order valence-electron chi connectivity index (χ3n) is 3.04. The highest BCUT2D eigenvalue weighted by Crippen LogP contribution is 2.20. The average molecular weight is 393 g/mol. The van der Waals surface area contributed by atoms with Gasteiger partial charge in [-0.25, -0.2) is 0 Å². The van der Waals surface area contributed by atoms with E-state index in [4.69, 9.17) is 16.1 Å². The smallest absolute Gasteiger partial charge is 0.251 e. The molecular formula is C16H11BrClN3O2. The first-order chi connectivity index (χ1) is 11.1. The summed E-state index contributed by atoms with van der Waals surface area (Å²) in [5.41, 5.74) is 1.31. The van der Waals surface area contributed by atoms with Crippen molar-refractivity contribution in [1.29, 1.82) is 0 Å². The van der Waals surface area contributed by atoms with Crippen molar-refractivity contribution in [3.05, 3.63) is 69.5 Å². The number of aromatic nitrogens is 2. The summed E-state index contributed by atoms with van der Waals surface area (Å²) in [6.45, 7) is 0.152. The van der Waals surface area contributed by atoms with Gasteiger partial charge in [-0.05, 0) is 30.3 Å². The van der Waals surface area contributed by atoms with Crippen LogP contribution in [0.25, 0.3) is 11.4 Å². The Hall–Kier alpha value is -2.18. The molecule has 7 heteroatoms. The molecule has 2 aromatic carbocycles. The van der Waals surface area contributed by atoms with Crippen LogP contribution in [0.1, 0.15) is 16.2 Å². The van der Waals surface area contributed by atoms with Gasteiger partial charge in [0.05, 0.1) is 6.54 Å². The Labute approximate surface area is 145 Å². The lowest BCUT2D eigenvalue weighted by molar-refractivity contribution is 0.0946. The normalized spacial score (nSPS) is 10.5. The second-order valence-electron chi connectivity index (χ2n) is 4.72. The van der Waals surface area contributed by atoms with Gasteiger partial charge in [0, 0.05) is 20.6 Å². The molecule has 0 bridgehead atoms. The summed E-state index contributed by atoms with van der Waals surface area (Å²) in [4.78, 5) is 16.3. The fourth-order valence-electron chi connectivity index (χ4n) is 1.96. The lowest BCUT2D eigenvalue weighted by Gasteiger charge is -2.02. The van der Waals surface area contributed by atoms with Gasteiger partial charge >= 0.3 is 0 Å². The third-order valence-corrected chi connectivity index (χ3v) is 3.77. The van der Waals surface area contributed by atoms with Crippen molar-refractivity contribution in [1.82, 2.24) is 15.5 Å². The number of carbonyl (C=O) groups is 1. The molecule has 1 heterocycles. The highest BCUT2D eigenvalue weighted by Gasteiger charge is 2.11. The Bertz CT molecular complexity index is 851. The Kier molecular flexibility index (Phi) is 4.73. The fraction of sp³-hybridized carbons (Fsp3) is 0.0625. The van der Waals surface area contributed by atoms with Crippen molar-refractivity contribution in [2.24, 2.45) is 0 Å². The van der Waals surface area contributed by atoms with E-state index in [1.54, 1.807) is 30.3 Å². The number of hydrogen-bond donors (Lipinski definition) is 1. The van der Waals surface area contributed by atoms with Gasteiger partial charge < -0.3 is 9.84 Å². The third kappa shape index (κ3) is 3.97. The number of amides is 1. The second kappa shape index (κ2) is 6.93. The molecule has 116 valence electrons.